The van der Waals surface area contributed by atoms with E-state index in [0.717, 1.165) is 6.42 Å². The Morgan fingerprint density at radius 2 is 1.94 bits per heavy atom. The summed E-state index contributed by atoms with van der Waals surface area (Å²) in [7, 11) is 0. The Labute approximate surface area is 100 Å². The highest BCUT2D eigenvalue weighted by molar-refractivity contribution is 5.85. The summed E-state index contributed by atoms with van der Waals surface area (Å²) in [6.07, 6.45) is 2.63. The molecule has 0 spiro atoms. The molecule has 0 radical (unpaired) electrons. The first-order valence-electron chi connectivity index (χ1n) is 6.15. The third-order valence-corrected chi connectivity index (χ3v) is 3.91. The SMILES string of the molecule is CC1(O)CCN(C(=O)C2CCCC2C(=O)O)C1. The zero-order valence-electron chi connectivity index (χ0n) is 10.1. The lowest BCUT2D eigenvalue weighted by atomic mass is 9.95. The fourth-order valence-corrected chi connectivity index (χ4v) is 2.92. The third kappa shape index (κ3) is 2.44. The Morgan fingerprint density at radius 3 is 2.47 bits per heavy atom. The van der Waals surface area contributed by atoms with E-state index in [9.17, 15) is 14.7 Å². The molecule has 1 aliphatic carbocycles. The van der Waals surface area contributed by atoms with Gasteiger partial charge in [0.25, 0.3) is 0 Å². The lowest BCUT2D eigenvalue weighted by Crippen LogP contribution is -2.40. The van der Waals surface area contributed by atoms with Crippen LogP contribution >= 0.6 is 0 Å². The molecule has 5 heteroatoms. The van der Waals surface area contributed by atoms with Crippen LogP contribution in [-0.4, -0.2) is 45.7 Å². The van der Waals surface area contributed by atoms with Crippen LogP contribution in [0.25, 0.3) is 0 Å². The summed E-state index contributed by atoms with van der Waals surface area (Å²) in [5, 5.41) is 18.9. The van der Waals surface area contributed by atoms with Crippen molar-refractivity contribution < 1.29 is 19.8 Å². The van der Waals surface area contributed by atoms with Crippen LogP contribution in [0.2, 0.25) is 0 Å². The molecule has 3 unspecified atom stereocenters. The Hall–Kier alpha value is -1.10. The quantitative estimate of drug-likeness (QED) is 0.736. The molecular weight excluding hydrogens is 222 g/mol. The first kappa shape index (κ1) is 12.4. The molecule has 96 valence electrons. The lowest BCUT2D eigenvalue weighted by molar-refractivity contribution is -0.149. The summed E-state index contributed by atoms with van der Waals surface area (Å²) >= 11 is 0. The van der Waals surface area contributed by atoms with Crippen LogP contribution in [0.5, 0.6) is 0 Å². The Bertz CT molecular complexity index is 339. The van der Waals surface area contributed by atoms with Gasteiger partial charge in [-0.3, -0.25) is 9.59 Å². The van der Waals surface area contributed by atoms with Crippen LogP contribution in [0.1, 0.15) is 32.6 Å². The van der Waals surface area contributed by atoms with E-state index in [1.165, 1.54) is 0 Å². The molecule has 3 atom stereocenters. The summed E-state index contributed by atoms with van der Waals surface area (Å²) in [6, 6.07) is 0. The van der Waals surface area contributed by atoms with E-state index in [0.29, 0.717) is 32.4 Å². The van der Waals surface area contributed by atoms with Crippen molar-refractivity contribution in [2.75, 3.05) is 13.1 Å². The first-order valence-corrected chi connectivity index (χ1v) is 6.15. The first-order chi connectivity index (χ1) is 7.91. The van der Waals surface area contributed by atoms with Gasteiger partial charge in [0, 0.05) is 13.1 Å². The van der Waals surface area contributed by atoms with E-state index in [2.05, 4.69) is 0 Å². The summed E-state index contributed by atoms with van der Waals surface area (Å²) in [5.74, 6) is -1.88. The predicted octanol–water partition coefficient (Wildman–Crippen LogP) is 0.471. The standard InChI is InChI=1S/C12H19NO4/c1-12(17)5-6-13(7-12)10(14)8-3-2-4-9(8)11(15)16/h8-9,17H,2-7H2,1H3,(H,15,16). The minimum Gasteiger partial charge on any atom is -0.481 e. The molecular formula is C12H19NO4. The molecule has 1 aliphatic heterocycles. The molecule has 2 N–H and O–H groups in total. The third-order valence-electron chi connectivity index (χ3n) is 3.91. The number of likely N-dealkylation sites (tertiary alicyclic amines) is 1. The molecule has 2 rings (SSSR count). The fraction of sp³-hybridized carbons (Fsp3) is 0.833. The lowest BCUT2D eigenvalue weighted by Gasteiger charge is -2.24. The van der Waals surface area contributed by atoms with Crippen LogP contribution < -0.4 is 0 Å². The van der Waals surface area contributed by atoms with Crippen molar-refractivity contribution in [3.05, 3.63) is 0 Å². The van der Waals surface area contributed by atoms with Crippen LogP contribution in [0.15, 0.2) is 0 Å². The topological polar surface area (TPSA) is 77.8 Å². The molecule has 1 saturated heterocycles. The predicted molar refractivity (Wildman–Crippen MR) is 60.3 cm³/mol. The molecule has 2 fully saturated rings. The van der Waals surface area contributed by atoms with Gasteiger partial charge in [0.05, 0.1) is 17.4 Å². The van der Waals surface area contributed by atoms with E-state index in [4.69, 9.17) is 5.11 Å². The Balaban J connectivity index is 2.03. The van der Waals surface area contributed by atoms with E-state index < -0.39 is 17.5 Å². The zero-order chi connectivity index (χ0) is 12.6. The van der Waals surface area contributed by atoms with Gasteiger partial charge in [0.15, 0.2) is 0 Å². The highest BCUT2D eigenvalue weighted by Crippen LogP contribution is 2.34. The van der Waals surface area contributed by atoms with Crippen LogP contribution in [0.3, 0.4) is 0 Å². The van der Waals surface area contributed by atoms with Crippen molar-refractivity contribution in [1.82, 2.24) is 4.90 Å². The second-order valence-corrected chi connectivity index (χ2v) is 5.49. The van der Waals surface area contributed by atoms with Gasteiger partial charge in [-0.25, -0.2) is 0 Å². The minimum absolute atomic E-state index is 0.0901. The average molecular weight is 241 g/mol. The molecule has 0 aromatic rings. The van der Waals surface area contributed by atoms with Gasteiger partial charge in [-0.1, -0.05) is 6.42 Å². The summed E-state index contributed by atoms with van der Waals surface area (Å²) in [5.41, 5.74) is -0.813. The van der Waals surface area contributed by atoms with Gasteiger partial charge < -0.3 is 15.1 Å². The summed E-state index contributed by atoms with van der Waals surface area (Å²) in [4.78, 5) is 24.9. The number of nitrogens with zero attached hydrogens (tertiary/aromatic N) is 1. The number of carbonyl (C=O) groups is 2. The fourth-order valence-electron chi connectivity index (χ4n) is 2.92. The van der Waals surface area contributed by atoms with Gasteiger partial charge in [0.2, 0.25) is 5.91 Å². The van der Waals surface area contributed by atoms with Gasteiger partial charge in [-0.05, 0) is 26.2 Å². The van der Waals surface area contributed by atoms with Crippen molar-refractivity contribution in [3.63, 3.8) is 0 Å². The van der Waals surface area contributed by atoms with E-state index in [1.54, 1.807) is 11.8 Å². The maximum absolute atomic E-state index is 12.2. The smallest absolute Gasteiger partial charge is 0.307 e. The van der Waals surface area contributed by atoms with E-state index in [1.807, 2.05) is 0 Å². The van der Waals surface area contributed by atoms with Gasteiger partial charge >= 0.3 is 5.97 Å². The van der Waals surface area contributed by atoms with Crippen molar-refractivity contribution in [3.8, 4) is 0 Å². The number of amides is 1. The molecule has 1 heterocycles. The molecule has 5 nitrogen and oxygen atoms in total. The van der Waals surface area contributed by atoms with Crippen molar-refractivity contribution in [1.29, 1.82) is 0 Å². The van der Waals surface area contributed by atoms with Crippen LogP contribution in [-0.2, 0) is 9.59 Å². The molecule has 0 bridgehead atoms. The molecule has 2 aliphatic rings. The monoisotopic (exact) mass is 241 g/mol. The number of β-amino-alcohol motifs (C(OH)–C–C–N with tert-alkyl or cyclic N) is 1. The molecule has 0 aromatic heterocycles. The number of rotatable bonds is 2. The van der Waals surface area contributed by atoms with E-state index >= 15 is 0 Å². The molecule has 0 aromatic carbocycles. The number of aliphatic hydroxyl groups is 1. The summed E-state index contributed by atoms with van der Waals surface area (Å²) < 4.78 is 0. The number of aliphatic carboxylic acids is 1. The number of carboxylic acids is 1. The normalized spacial score (nSPS) is 37.4. The van der Waals surface area contributed by atoms with Gasteiger partial charge in [0.1, 0.15) is 0 Å². The number of carboxylic acid groups (broad SMARTS) is 1. The summed E-state index contributed by atoms with van der Waals surface area (Å²) in [6.45, 7) is 2.58. The van der Waals surface area contributed by atoms with Crippen molar-refractivity contribution in [2.24, 2.45) is 11.8 Å². The van der Waals surface area contributed by atoms with Crippen LogP contribution in [0, 0.1) is 11.8 Å². The highest BCUT2D eigenvalue weighted by Gasteiger charge is 2.43. The second kappa shape index (κ2) is 4.29. The van der Waals surface area contributed by atoms with Gasteiger partial charge in [-0.2, -0.15) is 0 Å². The Kier molecular flexibility index (Phi) is 3.12. The van der Waals surface area contributed by atoms with Crippen molar-refractivity contribution in [2.45, 2.75) is 38.2 Å². The average Bonchev–Trinajstić information content (AvgIpc) is 2.82. The maximum Gasteiger partial charge on any atom is 0.307 e. The Morgan fingerprint density at radius 1 is 1.29 bits per heavy atom. The largest absolute Gasteiger partial charge is 0.481 e. The maximum atomic E-state index is 12.2. The van der Waals surface area contributed by atoms with Crippen molar-refractivity contribution >= 4 is 11.9 Å². The second-order valence-electron chi connectivity index (χ2n) is 5.49. The van der Waals surface area contributed by atoms with E-state index in [-0.39, 0.29) is 11.8 Å². The molecule has 1 amide bonds. The molecule has 1 saturated carbocycles. The molecule has 17 heavy (non-hydrogen) atoms. The number of carbonyl (C=O) groups excluding carboxylic acids is 1. The van der Waals surface area contributed by atoms with Gasteiger partial charge in [-0.15, -0.1) is 0 Å². The van der Waals surface area contributed by atoms with Crippen LogP contribution in [0.4, 0.5) is 0 Å². The minimum atomic E-state index is -0.869. The number of hydrogen-bond acceptors (Lipinski definition) is 3. The number of hydrogen-bond donors (Lipinski definition) is 2. The zero-order valence-corrected chi connectivity index (χ0v) is 10.1. The highest BCUT2D eigenvalue weighted by atomic mass is 16.4.